The van der Waals surface area contributed by atoms with Crippen molar-refractivity contribution >= 4 is 16.7 Å². The summed E-state index contributed by atoms with van der Waals surface area (Å²) >= 11 is 0. The second kappa shape index (κ2) is 7.06. The van der Waals surface area contributed by atoms with Crippen LogP contribution in [0.3, 0.4) is 0 Å². The Kier molecular flexibility index (Phi) is 5.14. The normalized spacial score (nSPS) is 12.3. The molecule has 5 nitrogen and oxygen atoms in total. The molecule has 21 heavy (non-hydrogen) atoms. The summed E-state index contributed by atoms with van der Waals surface area (Å²) in [4.78, 5) is 11.8. The third-order valence-electron chi connectivity index (χ3n) is 3.39. The molecule has 0 heterocycles. The third kappa shape index (κ3) is 3.32. The highest BCUT2D eigenvalue weighted by Gasteiger charge is 2.20. The molecule has 1 unspecified atom stereocenters. The van der Waals surface area contributed by atoms with Crippen LogP contribution in [0.25, 0.3) is 10.8 Å². The van der Waals surface area contributed by atoms with Gasteiger partial charge in [0, 0.05) is 19.0 Å². The summed E-state index contributed by atoms with van der Waals surface area (Å²) in [5, 5.41) is 5.03. The van der Waals surface area contributed by atoms with E-state index in [9.17, 15) is 4.79 Å². The molecular formula is C16H20N2O3. The quantitative estimate of drug-likeness (QED) is 0.759. The number of benzene rings is 2. The van der Waals surface area contributed by atoms with E-state index in [-0.39, 0.29) is 0 Å². The molecule has 0 aromatic heterocycles. The first-order valence-corrected chi connectivity index (χ1v) is 6.76. The lowest BCUT2D eigenvalue weighted by atomic mass is 9.97. The van der Waals surface area contributed by atoms with E-state index in [1.54, 1.807) is 14.2 Å². The first-order chi connectivity index (χ1) is 10.2. The molecule has 0 saturated heterocycles. The van der Waals surface area contributed by atoms with E-state index in [0.717, 1.165) is 22.1 Å². The fraction of sp³-hybridized carbons (Fsp3) is 0.312. The SMILES string of the molecule is COCCNC(C(N)=O)c1ccc(OC)c2ccccc12. The van der Waals surface area contributed by atoms with Gasteiger partial charge in [-0.3, -0.25) is 10.1 Å². The van der Waals surface area contributed by atoms with Gasteiger partial charge in [0.05, 0.1) is 13.7 Å². The fourth-order valence-electron chi connectivity index (χ4n) is 2.39. The van der Waals surface area contributed by atoms with Crippen LogP contribution in [0.1, 0.15) is 11.6 Å². The summed E-state index contributed by atoms with van der Waals surface area (Å²) in [7, 11) is 3.24. The number of nitrogens with two attached hydrogens (primary N) is 1. The highest BCUT2D eigenvalue weighted by atomic mass is 16.5. The molecule has 0 aliphatic carbocycles. The Morgan fingerprint density at radius 2 is 1.90 bits per heavy atom. The van der Waals surface area contributed by atoms with Crippen molar-refractivity contribution in [2.75, 3.05) is 27.4 Å². The lowest BCUT2D eigenvalue weighted by Crippen LogP contribution is -2.35. The maximum Gasteiger partial charge on any atom is 0.239 e. The van der Waals surface area contributed by atoms with Gasteiger partial charge in [-0.05, 0) is 17.0 Å². The number of carbonyl (C=O) groups is 1. The van der Waals surface area contributed by atoms with E-state index < -0.39 is 11.9 Å². The molecule has 112 valence electrons. The number of hydrogen-bond donors (Lipinski definition) is 2. The predicted molar refractivity (Wildman–Crippen MR) is 82.3 cm³/mol. The Hall–Kier alpha value is -2.11. The highest BCUT2D eigenvalue weighted by molar-refractivity contribution is 5.95. The minimum absolute atomic E-state index is 0.415. The van der Waals surface area contributed by atoms with Crippen molar-refractivity contribution in [3.8, 4) is 5.75 Å². The second-order valence-corrected chi connectivity index (χ2v) is 4.68. The first-order valence-electron chi connectivity index (χ1n) is 6.76. The van der Waals surface area contributed by atoms with Crippen molar-refractivity contribution in [2.45, 2.75) is 6.04 Å². The maximum atomic E-state index is 11.8. The average Bonchev–Trinajstić information content (AvgIpc) is 2.50. The molecule has 1 amide bonds. The summed E-state index contributed by atoms with van der Waals surface area (Å²) < 4.78 is 10.4. The molecule has 2 rings (SSSR count). The van der Waals surface area contributed by atoms with Gasteiger partial charge in [0.15, 0.2) is 0 Å². The number of hydrogen-bond acceptors (Lipinski definition) is 4. The van der Waals surface area contributed by atoms with Crippen LogP contribution in [0.5, 0.6) is 5.75 Å². The van der Waals surface area contributed by atoms with E-state index in [1.165, 1.54) is 0 Å². The van der Waals surface area contributed by atoms with Crippen molar-refractivity contribution in [3.05, 3.63) is 42.0 Å². The van der Waals surface area contributed by atoms with Crippen LogP contribution < -0.4 is 15.8 Å². The number of carbonyl (C=O) groups excluding carboxylic acids is 1. The molecule has 0 aliphatic heterocycles. The molecule has 0 saturated carbocycles. The first kappa shape index (κ1) is 15.3. The molecule has 2 aromatic carbocycles. The van der Waals surface area contributed by atoms with Crippen molar-refractivity contribution in [1.29, 1.82) is 0 Å². The molecule has 0 radical (unpaired) electrons. The molecule has 2 aromatic rings. The van der Waals surface area contributed by atoms with Gasteiger partial charge in [-0.2, -0.15) is 0 Å². The number of fused-ring (bicyclic) bond motifs is 1. The summed E-state index contributed by atoms with van der Waals surface area (Å²) in [6.45, 7) is 1.06. The van der Waals surface area contributed by atoms with Crippen LogP contribution >= 0.6 is 0 Å². The second-order valence-electron chi connectivity index (χ2n) is 4.68. The molecule has 1 atom stereocenters. The van der Waals surface area contributed by atoms with Gasteiger partial charge in [0.25, 0.3) is 0 Å². The Morgan fingerprint density at radius 3 is 2.52 bits per heavy atom. The molecule has 3 N–H and O–H groups in total. The van der Waals surface area contributed by atoms with Crippen LogP contribution in [0.15, 0.2) is 36.4 Å². The fourth-order valence-corrected chi connectivity index (χ4v) is 2.39. The zero-order valence-electron chi connectivity index (χ0n) is 12.3. The van der Waals surface area contributed by atoms with E-state index in [1.807, 2.05) is 36.4 Å². The van der Waals surface area contributed by atoms with Crippen molar-refractivity contribution in [1.82, 2.24) is 5.32 Å². The van der Waals surface area contributed by atoms with E-state index >= 15 is 0 Å². The van der Waals surface area contributed by atoms with Gasteiger partial charge in [-0.15, -0.1) is 0 Å². The molecular weight excluding hydrogens is 268 g/mol. The van der Waals surface area contributed by atoms with Crippen LogP contribution in [-0.2, 0) is 9.53 Å². The topological polar surface area (TPSA) is 73.6 Å². The van der Waals surface area contributed by atoms with Crippen molar-refractivity contribution < 1.29 is 14.3 Å². The number of methoxy groups -OCH3 is 2. The van der Waals surface area contributed by atoms with E-state index in [4.69, 9.17) is 15.2 Å². The number of amides is 1. The van der Waals surface area contributed by atoms with Crippen LogP contribution in [0.2, 0.25) is 0 Å². The maximum absolute atomic E-state index is 11.8. The predicted octanol–water partition coefficient (Wildman–Crippen LogP) is 1.61. The zero-order valence-corrected chi connectivity index (χ0v) is 12.3. The van der Waals surface area contributed by atoms with Gasteiger partial charge in [0.2, 0.25) is 5.91 Å². The molecule has 0 aliphatic rings. The van der Waals surface area contributed by atoms with Gasteiger partial charge in [-0.25, -0.2) is 0 Å². The van der Waals surface area contributed by atoms with Crippen molar-refractivity contribution in [3.63, 3.8) is 0 Å². The largest absolute Gasteiger partial charge is 0.496 e. The Bertz CT molecular complexity index is 628. The zero-order chi connectivity index (χ0) is 15.2. The van der Waals surface area contributed by atoms with Crippen LogP contribution in [-0.4, -0.2) is 33.3 Å². The van der Waals surface area contributed by atoms with E-state index in [0.29, 0.717) is 13.2 Å². The van der Waals surface area contributed by atoms with Gasteiger partial charge < -0.3 is 15.2 Å². The van der Waals surface area contributed by atoms with Gasteiger partial charge in [-0.1, -0.05) is 30.3 Å². The van der Waals surface area contributed by atoms with Gasteiger partial charge >= 0.3 is 0 Å². The molecule has 5 heteroatoms. The number of primary amides is 1. The Morgan fingerprint density at radius 1 is 1.19 bits per heavy atom. The monoisotopic (exact) mass is 288 g/mol. The minimum atomic E-state index is -0.559. The number of ether oxygens (including phenoxy) is 2. The summed E-state index contributed by atoms with van der Waals surface area (Å²) in [5.41, 5.74) is 6.38. The van der Waals surface area contributed by atoms with Crippen molar-refractivity contribution in [2.24, 2.45) is 5.73 Å². The number of rotatable bonds is 7. The van der Waals surface area contributed by atoms with Crippen LogP contribution in [0.4, 0.5) is 0 Å². The Labute approximate surface area is 124 Å². The molecule has 0 bridgehead atoms. The van der Waals surface area contributed by atoms with E-state index in [2.05, 4.69) is 5.32 Å². The number of nitrogens with one attached hydrogen (secondary N) is 1. The van der Waals surface area contributed by atoms with Crippen LogP contribution in [0, 0.1) is 0 Å². The minimum Gasteiger partial charge on any atom is -0.496 e. The Balaban J connectivity index is 2.45. The highest BCUT2D eigenvalue weighted by Crippen LogP contribution is 2.31. The lowest BCUT2D eigenvalue weighted by Gasteiger charge is -2.18. The molecule has 0 spiro atoms. The molecule has 0 fully saturated rings. The standard InChI is InChI=1S/C16H20N2O3/c1-20-10-9-18-15(16(17)19)13-7-8-14(21-2)12-6-4-3-5-11(12)13/h3-8,15,18H,9-10H2,1-2H3,(H2,17,19). The third-order valence-corrected chi connectivity index (χ3v) is 3.39. The lowest BCUT2D eigenvalue weighted by molar-refractivity contribution is -0.120. The van der Waals surface area contributed by atoms with Gasteiger partial charge in [0.1, 0.15) is 11.8 Å². The summed E-state index contributed by atoms with van der Waals surface area (Å²) in [5.74, 6) is 0.357. The average molecular weight is 288 g/mol. The summed E-state index contributed by atoms with van der Waals surface area (Å²) in [6, 6.07) is 11.0. The summed E-state index contributed by atoms with van der Waals surface area (Å²) in [6.07, 6.45) is 0. The smallest absolute Gasteiger partial charge is 0.239 e.